The van der Waals surface area contributed by atoms with E-state index in [1.54, 1.807) is 11.8 Å². The van der Waals surface area contributed by atoms with Gasteiger partial charge in [0.15, 0.2) is 0 Å². The normalized spacial score (nSPS) is 18.6. The maximum atomic E-state index is 13.1. The van der Waals surface area contributed by atoms with Crippen LogP contribution in [-0.4, -0.2) is 34.5 Å². The molecule has 5 heteroatoms. The second kappa shape index (κ2) is 6.70. The number of piperidine rings is 1. The van der Waals surface area contributed by atoms with Crippen LogP contribution in [0.3, 0.4) is 0 Å². The summed E-state index contributed by atoms with van der Waals surface area (Å²) in [6, 6.07) is 4.11. The minimum atomic E-state index is -0.842. The van der Waals surface area contributed by atoms with Gasteiger partial charge in [-0.25, -0.2) is 4.39 Å². The Bertz CT molecular complexity index is 544. The number of likely N-dealkylation sites (tertiary alicyclic amines) is 1. The predicted octanol–water partition coefficient (Wildman–Crippen LogP) is 2.99. The Hall–Kier alpha value is -1.91. The number of carboxylic acid groups (broad SMARTS) is 1. The fourth-order valence-electron chi connectivity index (χ4n) is 2.88. The number of aliphatic carboxylic acids is 1. The van der Waals surface area contributed by atoms with Crippen LogP contribution in [-0.2, 0) is 4.79 Å². The number of benzene rings is 1. The van der Waals surface area contributed by atoms with E-state index in [0.29, 0.717) is 24.1 Å². The van der Waals surface area contributed by atoms with Crippen molar-refractivity contribution in [2.75, 3.05) is 6.54 Å². The number of rotatable bonds is 4. The molecule has 4 nitrogen and oxygen atoms in total. The van der Waals surface area contributed by atoms with Crippen molar-refractivity contribution < 1.29 is 19.1 Å². The fourth-order valence-corrected chi connectivity index (χ4v) is 2.88. The van der Waals surface area contributed by atoms with Gasteiger partial charge in [-0.05, 0) is 56.4 Å². The van der Waals surface area contributed by atoms with Crippen LogP contribution in [0.2, 0.25) is 0 Å². The lowest BCUT2D eigenvalue weighted by Crippen LogP contribution is -2.44. The molecule has 0 aliphatic carbocycles. The summed E-state index contributed by atoms with van der Waals surface area (Å²) in [7, 11) is 0. The number of hydrogen-bond donors (Lipinski definition) is 1. The molecule has 1 atom stereocenters. The topological polar surface area (TPSA) is 57.6 Å². The van der Waals surface area contributed by atoms with E-state index in [-0.39, 0.29) is 24.2 Å². The van der Waals surface area contributed by atoms with E-state index >= 15 is 0 Å². The highest BCUT2D eigenvalue weighted by Crippen LogP contribution is 2.24. The summed E-state index contributed by atoms with van der Waals surface area (Å²) < 4.78 is 13.1. The molecule has 0 bridgehead atoms. The van der Waals surface area contributed by atoms with Crippen molar-refractivity contribution >= 4 is 11.9 Å². The van der Waals surface area contributed by atoms with Crippen LogP contribution in [0.1, 0.15) is 48.0 Å². The molecule has 1 fully saturated rings. The Morgan fingerprint density at radius 1 is 1.38 bits per heavy atom. The van der Waals surface area contributed by atoms with Gasteiger partial charge in [-0.2, -0.15) is 0 Å². The SMILES string of the molecule is Cc1cc(F)ccc1C(=O)N1CCCCC1CCC(=O)O. The Kier molecular flexibility index (Phi) is 4.94. The summed E-state index contributed by atoms with van der Waals surface area (Å²) in [6.07, 6.45) is 3.31. The Morgan fingerprint density at radius 3 is 2.81 bits per heavy atom. The zero-order valence-electron chi connectivity index (χ0n) is 12.1. The highest BCUT2D eigenvalue weighted by molar-refractivity contribution is 5.95. The molecule has 21 heavy (non-hydrogen) atoms. The van der Waals surface area contributed by atoms with Crippen LogP contribution in [0.15, 0.2) is 18.2 Å². The molecule has 0 spiro atoms. The van der Waals surface area contributed by atoms with Crippen molar-refractivity contribution in [1.82, 2.24) is 4.90 Å². The molecule has 1 N–H and O–H groups in total. The molecule has 1 saturated heterocycles. The maximum absolute atomic E-state index is 13.1. The predicted molar refractivity (Wildman–Crippen MR) is 76.7 cm³/mol. The Balaban J connectivity index is 2.16. The van der Waals surface area contributed by atoms with Crippen LogP contribution in [0.5, 0.6) is 0 Å². The third-order valence-electron chi connectivity index (χ3n) is 4.00. The zero-order chi connectivity index (χ0) is 15.4. The molecule has 1 aromatic rings. The molecule has 1 aliphatic heterocycles. The Labute approximate surface area is 123 Å². The quantitative estimate of drug-likeness (QED) is 0.928. The minimum absolute atomic E-state index is 0.0354. The molecular weight excluding hydrogens is 273 g/mol. The first kappa shape index (κ1) is 15.5. The number of hydrogen-bond acceptors (Lipinski definition) is 2. The van der Waals surface area contributed by atoms with Crippen LogP contribution < -0.4 is 0 Å². The van der Waals surface area contributed by atoms with Crippen molar-refractivity contribution in [3.8, 4) is 0 Å². The number of amides is 1. The number of halogens is 1. The van der Waals surface area contributed by atoms with Gasteiger partial charge in [0.25, 0.3) is 5.91 Å². The van der Waals surface area contributed by atoms with E-state index in [4.69, 9.17) is 5.11 Å². The van der Waals surface area contributed by atoms with Crippen molar-refractivity contribution in [3.63, 3.8) is 0 Å². The lowest BCUT2D eigenvalue weighted by molar-refractivity contribution is -0.137. The second-order valence-corrected chi connectivity index (χ2v) is 5.54. The Morgan fingerprint density at radius 2 is 2.14 bits per heavy atom. The number of aryl methyl sites for hydroxylation is 1. The average molecular weight is 293 g/mol. The molecule has 1 aromatic carbocycles. The smallest absolute Gasteiger partial charge is 0.303 e. The third kappa shape index (κ3) is 3.80. The average Bonchev–Trinajstić information content (AvgIpc) is 2.45. The van der Waals surface area contributed by atoms with Crippen molar-refractivity contribution in [3.05, 3.63) is 35.1 Å². The minimum Gasteiger partial charge on any atom is -0.481 e. The van der Waals surface area contributed by atoms with Gasteiger partial charge < -0.3 is 10.0 Å². The lowest BCUT2D eigenvalue weighted by atomic mass is 9.96. The number of carbonyl (C=O) groups excluding carboxylic acids is 1. The van der Waals surface area contributed by atoms with E-state index in [2.05, 4.69) is 0 Å². The summed E-state index contributed by atoms with van der Waals surface area (Å²) in [4.78, 5) is 25.1. The number of nitrogens with zero attached hydrogens (tertiary/aromatic N) is 1. The van der Waals surface area contributed by atoms with Crippen LogP contribution in [0.4, 0.5) is 4.39 Å². The van der Waals surface area contributed by atoms with Gasteiger partial charge in [0, 0.05) is 24.6 Å². The van der Waals surface area contributed by atoms with Gasteiger partial charge >= 0.3 is 5.97 Å². The first-order valence-electron chi connectivity index (χ1n) is 7.28. The number of carboxylic acids is 1. The van der Waals surface area contributed by atoms with Crippen LogP contribution >= 0.6 is 0 Å². The zero-order valence-corrected chi connectivity index (χ0v) is 12.1. The molecule has 1 heterocycles. The fraction of sp³-hybridized carbons (Fsp3) is 0.500. The largest absolute Gasteiger partial charge is 0.481 e. The van der Waals surface area contributed by atoms with Crippen molar-refractivity contribution in [2.24, 2.45) is 0 Å². The molecule has 1 unspecified atom stereocenters. The van der Waals surface area contributed by atoms with Gasteiger partial charge in [0.05, 0.1) is 0 Å². The van der Waals surface area contributed by atoms with Gasteiger partial charge in [-0.1, -0.05) is 0 Å². The first-order chi connectivity index (χ1) is 9.99. The standard InChI is InChI=1S/C16H20FNO3/c1-11-10-12(17)5-7-14(11)16(21)18-9-3-2-4-13(18)6-8-15(19)20/h5,7,10,13H,2-4,6,8-9H2,1H3,(H,19,20). The summed E-state index contributed by atoms with van der Waals surface area (Å²) >= 11 is 0. The summed E-state index contributed by atoms with van der Waals surface area (Å²) in [5, 5.41) is 8.82. The summed E-state index contributed by atoms with van der Waals surface area (Å²) in [5.41, 5.74) is 1.11. The molecule has 114 valence electrons. The molecule has 2 rings (SSSR count). The molecule has 0 radical (unpaired) electrons. The van der Waals surface area contributed by atoms with E-state index in [1.807, 2.05) is 0 Å². The molecule has 1 aliphatic rings. The van der Waals surface area contributed by atoms with Crippen molar-refractivity contribution in [1.29, 1.82) is 0 Å². The lowest BCUT2D eigenvalue weighted by Gasteiger charge is -2.36. The van der Waals surface area contributed by atoms with Gasteiger partial charge in [-0.3, -0.25) is 9.59 Å². The van der Waals surface area contributed by atoms with E-state index in [0.717, 1.165) is 19.3 Å². The molecule has 0 aromatic heterocycles. The highest BCUT2D eigenvalue weighted by Gasteiger charge is 2.28. The highest BCUT2D eigenvalue weighted by atomic mass is 19.1. The van der Waals surface area contributed by atoms with Gasteiger partial charge in [0.2, 0.25) is 0 Å². The molecule has 0 saturated carbocycles. The summed E-state index contributed by atoms with van der Waals surface area (Å²) in [5.74, 6) is -1.32. The van der Waals surface area contributed by atoms with E-state index < -0.39 is 5.97 Å². The van der Waals surface area contributed by atoms with Crippen LogP contribution in [0.25, 0.3) is 0 Å². The van der Waals surface area contributed by atoms with E-state index in [1.165, 1.54) is 18.2 Å². The summed E-state index contributed by atoms with van der Waals surface area (Å²) in [6.45, 7) is 2.35. The second-order valence-electron chi connectivity index (χ2n) is 5.54. The maximum Gasteiger partial charge on any atom is 0.303 e. The van der Waals surface area contributed by atoms with Gasteiger partial charge in [-0.15, -0.1) is 0 Å². The third-order valence-corrected chi connectivity index (χ3v) is 4.00. The van der Waals surface area contributed by atoms with Crippen molar-refractivity contribution in [2.45, 2.75) is 45.1 Å². The van der Waals surface area contributed by atoms with Gasteiger partial charge in [0.1, 0.15) is 5.82 Å². The van der Waals surface area contributed by atoms with E-state index in [9.17, 15) is 14.0 Å². The molecular formula is C16H20FNO3. The molecule has 1 amide bonds. The van der Waals surface area contributed by atoms with Crippen LogP contribution in [0, 0.1) is 12.7 Å². The first-order valence-corrected chi connectivity index (χ1v) is 7.28. The number of carbonyl (C=O) groups is 2. The monoisotopic (exact) mass is 293 g/mol.